The maximum absolute atomic E-state index is 9.61. The number of methoxy groups -OCH3 is 1. The average Bonchev–Trinajstić information content (AvgIpc) is 3.10. The number of anilines is 1. The second kappa shape index (κ2) is 4.44. The van der Waals surface area contributed by atoms with Crippen LogP contribution < -0.4 is 10.1 Å². The lowest BCUT2D eigenvalue weighted by Crippen LogP contribution is -2.22. The zero-order valence-corrected chi connectivity index (χ0v) is 8.68. The number of aliphatic hydroxyl groups excluding tert-OH is 1. The van der Waals surface area contributed by atoms with Crippen LogP contribution in [-0.4, -0.2) is 34.8 Å². The van der Waals surface area contributed by atoms with E-state index in [-0.39, 0.29) is 6.10 Å². The molecule has 1 aliphatic rings. The van der Waals surface area contributed by atoms with Gasteiger partial charge in [0, 0.05) is 6.54 Å². The Labute approximate surface area is 88.5 Å². The number of nitrogens with zero attached hydrogens (tertiary/aromatic N) is 2. The number of aliphatic hydroxyl groups is 1. The maximum Gasteiger partial charge on any atom is 0.222 e. The highest BCUT2D eigenvalue weighted by Gasteiger charge is 2.29. The van der Waals surface area contributed by atoms with Crippen molar-refractivity contribution in [2.75, 3.05) is 19.0 Å². The molecule has 1 saturated carbocycles. The highest BCUT2D eigenvalue weighted by atomic mass is 16.5. The van der Waals surface area contributed by atoms with E-state index >= 15 is 0 Å². The third-order valence-electron chi connectivity index (χ3n) is 2.50. The summed E-state index contributed by atoms with van der Waals surface area (Å²) in [6.07, 6.45) is 5.17. The maximum atomic E-state index is 9.61. The molecule has 0 bridgehead atoms. The van der Waals surface area contributed by atoms with Gasteiger partial charge in [-0.25, -0.2) is 9.97 Å². The first-order chi connectivity index (χ1) is 7.29. The summed E-state index contributed by atoms with van der Waals surface area (Å²) in [6.45, 7) is 0.511. The topological polar surface area (TPSA) is 67.3 Å². The fourth-order valence-corrected chi connectivity index (χ4v) is 1.36. The zero-order valence-electron chi connectivity index (χ0n) is 8.68. The average molecular weight is 209 g/mol. The smallest absolute Gasteiger partial charge is 0.222 e. The van der Waals surface area contributed by atoms with Crippen LogP contribution in [0.25, 0.3) is 0 Å². The predicted octanol–water partition coefficient (Wildman–Crippen LogP) is 0.668. The van der Waals surface area contributed by atoms with Gasteiger partial charge in [0.25, 0.3) is 0 Å². The van der Waals surface area contributed by atoms with Crippen LogP contribution in [-0.2, 0) is 0 Å². The number of rotatable bonds is 5. The fourth-order valence-electron chi connectivity index (χ4n) is 1.36. The largest absolute Gasteiger partial charge is 0.494 e. The molecular weight excluding hydrogens is 194 g/mol. The normalized spacial score (nSPS) is 17.2. The van der Waals surface area contributed by atoms with Crippen LogP contribution in [0.3, 0.4) is 0 Å². The molecule has 0 spiro atoms. The first-order valence-electron chi connectivity index (χ1n) is 5.07. The van der Waals surface area contributed by atoms with E-state index in [1.807, 2.05) is 0 Å². The minimum atomic E-state index is -0.282. The molecule has 0 amide bonds. The summed E-state index contributed by atoms with van der Waals surface area (Å²) >= 11 is 0. The lowest BCUT2D eigenvalue weighted by atomic mass is 10.2. The minimum Gasteiger partial charge on any atom is -0.494 e. The van der Waals surface area contributed by atoms with E-state index in [0.29, 0.717) is 24.2 Å². The Kier molecular flexibility index (Phi) is 3.01. The Morgan fingerprint density at radius 3 is 2.73 bits per heavy atom. The van der Waals surface area contributed by atoms with Crippen LogP contribution in [0.15, 0.2) is 12.4 Å². The van der Waals surface area contributed by atoms with Gasteiger partial charge < -0.3 is 15.2 Å². The van der Waals surface area contributed by atoms with Crippen LogP contribution in [0.4, 0.5) is 5.95 Å². The molecule has 5 nitrogen and oxygen atoms in total. The molecule has 0 radical (unpaired) electrons. The summed E-state index contributed by atoms with van der Waals surface area (Å²) in [5.41, 5.74) is 0. The third-order valence-corrected chi connectivity index (χ3v) is 2.50. The van der Waals surface area contributed by atoms with Crippen molar-refractivity contribution < 1.29 is 9.84 Å². The highest BCUT2D eigenvalue weighted by molar-refractivity contribution is 5.27. The summed E-state index contributed by atoms with van der Waals surface area (Å²) in [5, 5.41) is 12.6. The van der Waals surface area contributed by atoms with Crippen molar-refractivity contribution in [3.05, 3.63) is 12.4 Å². The Balaban J connectivity index is 1.81. The Bertz CT molecular complexity index is 311. The first-order valence-corrected chi connectivity index (χ1v) is 5.07. The van der Waals surface area contributed by atoms with Gasteiger partial charge in [0.15, 0.2) is 5.75 Å². The van der Waals surface area contributed by atoms with Crippen LogP contribution in [0.5, 0.6) is 5.75 Å². The molecule has 2 N–H and O–H groups in total. The Morgan fingerprint density at radius 1 is 1.53 bits per heavy atom. The molecule has 15 heavy (non-hydrogen) atoms. The van der Waals surface area contributed by atoms with Crippen LogP contribution in [0.2, 0.25) is 0 Å². The summed E-state index contributed by atoms with van der Waals surface area (Å²) < 4.78 is 4.94. The number of hydrogen-bond donors (Lipinski definition) is 2. The zero-order chi connectivity index (χ0) is 10.7. The van der Waals surface area contributed by atoms with Gasteiger partial charge in [0.05, 0.1) is 25.6 Å². The number of aromatic nitrogens is 2. The van der Waals surface area contributed by atoms with Crippen LogP contribution >= 0.6 is 0 Å². The third kappa shape index (κ3) is 2.79. The Hall–Kier alpha value is -1.36. The lowest BCUT2D eigenvalue weighted by molar-refractivity contribution is 0.164. The molecule has 82 valence electrons. The van der Waals surface area contributed by atoms with Crippen molar-refractivity contribution in [2.24, 2.45) is 5.92 Å². The lowest BCUT2D eigenvalue weighted by Gasteiger charge is -2.10. The monoisotopic (exact) mass is 209 g/mol. The Morgan fingerprint density at radius 2 is 2.20 bits per heavy atom. The number of ether oxygens (including phenoxy) is 1. The molecule has 1 atom stereocenters. The molecule has 1 unspecified atom stereocenters. The van der Waals surface area contributed by atoms with Gasteiger partial charge >= 0.3 is 0 Å². The molecule has 1 aromatic rings. The molecule has 5 heteroatoms. The molecule has 0 aromatic carbocycles. The molecule has 1 aliphatic carbocycles. The quantitative estimate of drug-likeness (QED) is 0.746. The number of nitrogens with one attached hydrogen (secondary N) is 1. The minimum absolute atomic E-state index is 0.282. The van der Waals surface area contributed by atoms with Gasteiger partial charge in [0.2, 0.25) is 5.95 Å². The molecule has 1 aromatic heterocycles. The summed E-state index contributed by atoms with van der Waals surface area (Å²) in [6, 6.07) is 0. The van der Waals surface area contributed by atoms with E-state index in [1.54, 1.807) is 19.5 Å². The van der Waals surface area contributed by atoms with Gasteiger partial charge in [-0.2, -0.15) is 0 Å². The summed E-state index contributed by atoms with van der Waals surface area (Å²) in [4.78, 5) is 8.09. The summed E-state index contributed by atoms with van der Waals surface area (Å²) in [7, 11) is 1.57. The summed E-state index contributed by atoms with van der Waals surface area (Å²) in [5.74, 6) is 1.62. The van der Waals surface area contributed by atoms with Crippen LogP contribution in [0.1, 0.15) is 12.8 Å². The van der Waals surface area contributed by atoms with Crippen molar-refractivity contribution in [2.45, 2.75) is 18.9 Å². The van der Waals surface area contributed by atoms with Gasteiger partial charge in [-0.1, -0.05) is 0 Å². The predicted molar refractivity (Wildman–Crippen MR) is 55.8 cm³/mol. The van der Waals surface area contributed by atoms with E-state index in [4.69, 9.17) is 4.74 Å². The van der Waals surface area contributed by atoms with Gasteiger partial charge in [0.1, 0.15) is 0 Å². The molecule has 0 aliphatic heterocycles. The fraction of sp³-hybridized carbons (Fsp3) is 0.600. The van der Waals surface area contributed by atoms with Gasteiger partial charge in [-0.15, -0.1) is 0 Å². The molecule has 1 fully saturated rings. The van der Waals surface area contributed by atoms with E-state index in [9.17, 15) is 5.11 Å². The highest BCUT2D eigenvalue weighted by Crippen LogP contribution is 2.32. The van der Waals surface area contributed by atoms with Crippen molar-refractivity contribution in [1.82, 2.24) is 9.97 Å². The SMILES string of the molecule is COc1cnc(NCC(O)C2CC2)nc1. The van der Waals surface area contributed by atoms with E-state index in [0.717, 1.165) is 12.8 Å². The van der Waals surface area contributed by atoms with Crippen LogP contribution in [0, 0.1) is 5.92 Å². The molecule has 0 saturated heterocycles. The van der Waals surface area contributed by atoms with Crippen molar-refractivity contribution in [3.8, 4) is 5.75 Å². The van der Waals surface area contributed by atoms with Crippen molar-refractivity contribution >= 4 is 5.95 Å². The van der Waals surface area contributed by atoms with E-state index < -0.39 is 0 Å². The second-order valence-corrected chi connectivity index (χ2v) is 3.73. The molecule has 1 heterocycles. The van der Waals surface area contributed by atoms with Gasteiger partial charge in [-0.05, 0) is 18.8 Å². The second-order valence-electron chi connectivity index (χ2n) is 3.73. The van der Waals surface area contributed by atoms with Gasteiger partial charge in [-0.3, -0.25) is 0 Å². The van der Waals surface area contributed by atoms with E-state index in [1.165, 1.54) is 0 Å². The molecular formula is C10H15N3O2. The van der Waals surface area contributed by atoms with E-state index in [2.05, 4.69) is 15.3 Å². The van der Waals surface area contributed by atoms with Crippen molar-refractivity contribution in [1.29, 1.82) is 0 Å². The first kappa shape index (κ1) is 10.2. The molecule has 2 rings (SSSR count). The van der Waals surface area contributed by atoms with Crippen molar-refractivity contribution in [3.63, 3.8) is 0 Å². The number of hydrogen-bond acceptors (Lipinski definition) is 5. The standard InChI is InChI=1S/C10H15N3O2/c1-15-8-4-11-10(12-5-8)13-6-9(14)7-2-3-7/h4-5,7,9,14H,2-3,6H2,1H3,(H,11,12,13).